The van der Waals surface area contributed by atoms with E-state index in [2.05, 4.69) is 10.3 Å². The molecule has 2 aromatic rings. The molecule has 1 heterocycles. The number of carbonyl (C=O) groups excluding carboxylic acids is 1. The highest BCUT2D eigenvalue weighted by Gasteiger charge is 2.14. The van der Waals surface area contributed by atoms with E-state index in [1.807, 2.05) is 20.8 Å². The number of hydrogen-bond donors (Lipinski definition) is 1. The molecule has 3 nitrogen and oxygen atoms in total. The third kappa shape index (κ3) is 2.89. The molecule has 0 bridgehead atoms. The van der Waals surface area contributed by atoms with Crippen LogP contribution in [0, 0.1) is 12.7 Å². The van der Waals surface area contributed by atoms with Crippen LogP contribution in [0.1, 0.15) is 36.3 Å². The van der Waals surface area contributed by atoms with Crippen molar-refractivity contribution < 1.29 is 9.18 Å². The van der Waals surface area contributed by atoms with Crippen LogP contribution in [0.5, 0.6) is 0 Å². The Hall–Kier alpha value is -1.97. The molecule has 0 aliphatic heterocycles. The summed E-state index contributed by atoms with van der Waals surface area (Å²) in [6, 6.07) is 6.08. The standard InChI is InChI=1S/C15H17FN2O/c1-4-9(2)18-15(19)13-7-10(3)17-14-6-5-11(16)8-12(13)14/h5-9H,4H2,1-3H3,(H,18,19)/t9-/m1/s1. The van der Waals surface area contributed by atoms with E-state index in [4.69, 9.17) is 0 Å². The van der Waals surface area contributed by atoms with Crippen molar-refractivity contribution in [1.29, 1.82) is 0 Å². The molecule has 0 saturated carbocycles. The number of halogens is 1. The zero-order valence-corrected chi connectivity index (χ0v) is 11.3. The minimum absolute atomic E-state index is 0.0876. The summed E-state index contributed by atoms with van der Waals surface area (Å²) in [5.74, 6) is -0.550. The predicted molar refractivity (Wildman–Crippen MR) is 73.7 cm³/mol. The number of benzene rings is 1. The third-order valence-electron chi connectivity index (χ3n) is 3.13. The van der Waals surface area contributed by atoms with E-state index >= 15 is 0 Å². The van der Waals surface area contributed by atoms with Gasteiger partial charge in [0.05, 0.1) is 11.1 Å². The van der Waals surface area contributed by atoms with Crippen LogP contribution in [0.4, 0.5) is 4.39 Å². The molecule has 0 aliphatic rings. The van der Waals surface area contributed by atoms with E-state index in [1.54, 1.807) is 12.1 Å². The maximum Gasteiger partial charge on any atom is 0.252 e. The monoisotopic (exact) mass is 260 g/mol. The topological polar surface area (TPSA) is 42.0 Å². The first kappa shape index (κ1) is 13.5. The fourth-order valence-corrected chi connectivity index (χ4v) is 1.92. The Morgan fingerprint density at radius 1 is 1.42 bits per heavy atom. The van der Waals surface area contributed by atoms with Crippen molar-refractivity contribution in [3.8, 4) is 0 Å². The Morgan fingerprint density at radius 3 is 2.84 bits per heavy atom. The number of nitrogens with zero attached hydrogens (tertiary/aromatic N) is 1. The molecule has 0 spiro atoms. The molecule has 19 heavy (non-hydrogen) atoms. The van der Waals surface area contributed by atoms with E-state index in [1.165, 1.54) is 12.1 Å². The lowest BCUT2D eigenvalue weighted by Crippen LogP contribution is -2.32. The normalized spacial score (nSPS) is 12.4. The predicted octanol–water partition coefficient (Wildman–Crippen LogP) is 3.21. The van der Waals surface area contributed by atoms with Gasteiger partial charge < -0.3 is 5.32 Å². The Labute approximate surface area is 111 Å². The second-order valence-corrected chi connectivity index (χ2v) is 4.76. The van der Waals surface area contributed by atoms with E-state index in [0.29, 0.717) is 16.5 Å². The van der Waals surface area contributed by atoms with Crippen LogP contribution in [0.25, 0.3) is 10.9 Å². The molecule has 2 rings (SSSR count). The lowest BCUT2D eigenvalue weighted by molar-refractivity contribution is 0.0941. The molecule has 0 saturated heterocycles. The first-order valence-electron chi connectivity index (χ1n) is 6.39. The van der Waals surface area contributed by atoms with Crippen molar-refractivity contribution >= 4 is 16.8 Å². The summed E-state index contributed by atoms with van der Waals surface area (Å²) >= 11 is 0. The molecule has 0 unspecified atom stereocenters. The summed E-state index contributed by atoms with van der Waals surface area (Å²) in [6.45, 7) is 5.76. The number of carbonyl (C=O) groups is 1. The van der Waals surface area contributed by atoms with Gasteiger partial charge in [-0.05, 0) is 44.5 Å². The highest BCUT2D eigenvalue weighted by atomic mass is 19.1. The maximum atomic E-state index is 13.3. The number of amides is 1. The number of aryl methyl sites for hydroxylation is 1. The minimum Gasteiger partial charge on any atom is -0.350 e. The lowest BCUT2D eigenvalue weighted by Gasteiger charge is -2.13. The van der Waals surface area contributed by atoms with Crippen molar-refractivity contribution in [2.24, 2.45) is 0 Å². The lowest BCUT2D eigenvalue weighted by atomic mass is 10.1. The molecule has 4 heteroatoms. The van der Waals surface area contributed by atoms with Crippen molar-refractivity contribution in [3.05, 3.63) is 41.3 Å². The fourth-order valence-electron chi connectivity index (χ4n) is 1.92. The number of aromatic nitrogens is 1. The quantitative estimate of drug-likeness (QED) is 0.920. The first-order chi connectivity index (χ1) is 9.01. The first-order valence-corrected chi connectivity index (χ1v) is 6.39. The van der Waals surface area contributed by atoms with Gasteiger partial charge in [0.15, 0.2) is 0 Å². The molecule has 1 amide bonds. The molecule has 1 aromatic heterocycles. The summed E-state index contributed by atoms with van der Waals surface area (Å²) in [4.78, 5) is 16.5. The summed E-state index contributed by atoms with van der Waals surface area (Å²) in [6.07, 6.45) is 0.849. The number of fused-ring (bicyclic) bond motifs is 1. The SMILES string of the molecule is CC[C@@H](C)NC(=O)c1cc(C)nc2ccc(F)cc12. The van der Waals surface area contributed by atoms with Gasteiger partial charge in [-0.25, -0.2) is 4.39 Å². The Balaban J connectivity index is 2.52. The highest BCUT2D eigenvalue weighted by Crippen LogP contribution is 2.20. The summed E-state index contributed by atoms with van der Waals surface area (Å²) in [5.41, 5.74) is 1.85. The van der Waals surface area contributed by atoms with Gasteiger partial charge in [-0.2, -0.15) is 0 Å². The van der Waals surface area contributed by atoms with Crippen LogP contribution in [0.2, 0.25) is 0 Å². The third-order valence-corrected chi connectivity index (χ3v) is 3.13. The molecule has 0 fully saturated rings. The molecular weight excluding hydrogens is 243 g/mol. The Morgan fingerprint density at radius 2 is 2.16 bits per heavy atom. The van der Waals surface area contributed by atoms with E-state index in [-0.39, 0.29) is 17.8 Å². The smallest absolute Gasteiger partial charge is 0.252 e. The largest absolute Gasteiger partial charge is 0.350 e. The van der Waals surface area contributed by atoms with Gasteiger partial charge in [-0.15, -0.1) is 0 Å². The average Bonchev–Trinajstić information content (AvgIpc) is 2.38. The Kier molecular flexibility index (Phi) is 3.79. The molecular formula is C15H17FN2O. The van der Waals surface area contributed by atoms with Crippen molar-refractivity contribution in [3.63, 3.8) is 0 Å². The van der Waals surface area contributed by atoms with Crippen molar-refractivity contribution in [1.82, 2.24) is 10.3 Å². The van der Waals surface area contributed by atoms with Crippen LogP contribution in [-0.4, -0.2) is 16.9 Å². The number of nitrogens with one attached hydrogen (secondary N) is 1. The molecule has 1 atom stereocenters. The van der Waals surface area contributed by atoms with Crippen LogP contribution in [0.15, 0.2) is 24.3 Å². The van der Waals surface area contributed by atoms with Crippen molar-refractivity contribution in [2.45, 2.75) is 33.2 Å². The second-order valence-electron chi connectivity index (χ2n) is 4.76. The molecule has 0 aliphatic carbocycles. The fraction of sp³-hybridized carbons (Fsp3) is 0.333. The second kappa shape index (κ2) is 5.34. The maximum absolute atomic E-state index is 13.3. The van der Waals surface area contributed by atoms with E-state index in [0.717, 1.165) is 12.1 Å². The molecule has 1 N–H and O–H groups in total. The van der Waals surface area contributed by atoms with Crippen LogP contribution in [0.3, 0.4) is 0 Å². The van der Waals surface area contributed by atoms with Crippen LogP contribution < -0.4 is 5.32 Å². The summed E-state index contributed by atoms with van der Waals surface area (Å²) in [7, 11) is 0. The minimum atomic E-state index is -0.365. The average molecular weight is 260 g/mol. The number of rotatable bonds is 3. The van der Waals surface area contributed by atoms with Gasteiger partial charge >= 0.3 is 0 Å². The van der Waals surface area contributed by atoms with Crippen LogP contribution in [-0.2, 0) is 0 Å². The van der Waals surface area contributed by atoms with E-state index < -0.39 is 0 Å². The zero-order valence-electron chi connectivity index (χ0n) is 11.3. The van der Waals surface area contributed by atoms with Gasteiger partial charge in [-0.1, -0.05) is 6.92 Å². The molecule has 0 radical (unpaired) electrons. The molecule has 1 aromatic carbocycles. The zero-order chi connectivity index (χ0) is 14.0. The van der Waals surface area contributed by atoms with Gasteiger partial charge in [0.25, 0.3) is 5.91 Å². The number of hydrogen-bond acceptors (Lipinski definition) is 2. The van der Waals surface area contributed by atoms with Crippen LogP contribution >= 0.6 is 0 Å². The van der Waals surface area contributed by atoms with Gasteiger partial charge in [0.2, 0.25) is 0 Å². The Bertz CT molecular complexity index is 625. The summed E-state index contributed by atoms with van der Waals surface area (Å²) in [5, 5.41) is 3.44. The molecule has 100 valence electrons. The van der Waals surface area contributed by atoms with Crippen molar-refractivity contribution in [2.75, 3.05) is 0 Å². The van der Waals surface area contributed by atoms with Gasteiger partial charge in [0, 0.05) is 17.1 Å². The van der Waals surface area contributed by atoms with Gasteiger partial charge in [0.1, 0.15) is 5.82 Å². The number of pyridine rings is 1. The van der Waals surface area contributed by atoms with E-state index in [9.17, 15) is 9.18 Å². The highest BCUT2D eigenvalue weighted by molar-refractivity contribution is 6.06. The summed E-state index contributed by atoms with van der Waals surface area (Å²) < 4.78 is 13.3. The van der Waals surface area contributed by atoms with Gasteiger partial charge in [-0.3, -0.25) is 9.78 Å².